The normalized spacial score (nSPS) is 15.1. The molecule has 0 amide bonds. The molecule has 110 valence electrons. The predicted molar refractivity (Wildman–Crippen MR) is 83.7 cm³/mol. The zero-order valence-corrected chi connectivity index (χ0v) is 12.4. The lowest BCUT2D eigenvalue weighted by atomic mass is 9.95. The van der Waals surface area contributed by atoms with Crippen LogP contribution in [0.3, 0.4) is 0 Å². The number of hydrogen-bond acceptors (Lipinski definition) is 4. The fourth-order valence-electron chi connectivity index (χ4n) is 2.92. The molecule has 5 heteroatoms. The minimum Gasteiger partial charge on any atom is -0.481 e. The second-order valence-electron chi connectivity index (χ2n) is 5.36. The van der Waals surface area contributed by atoms with Gasteiger partial charge >= 0.3 is 5.97 Å². The third-order valence-corrected chi connectivity index (χ3v) is 5.24. The lowest BCUT2D eigenvalue weighted by Gasteiger charge is -2.10. The summed E-state index contributed by atoms with van der Waals surface area (Å²) in [4.78, 5) is 12.1. The Morgan fingerprint density at radius 1 is 1.24 bits per heavy atom. The molecule has 1 heterocycles. The molecule has 0 fully saturated rings. The number of aliphatic carboxylic acids is 1. The number of thiophene rings is 1. The van der Waals surface area contributed by atoms with Gasteiger partial charge in [0.05, 0.1) is 12.1 Å². The SMILES string of the molecule is O=C(O)CCC(=NO)c1ccc2c3c(sc2c1)CCCC3. The van der Waals surface area contributed by atoms with E-state index in [1.807, 2.05) is 23.5 Å². The molecule has 1 aliphatic rings. The van der Waals surface area contributed by atoms with Crippen molar-refractivity contribution < 1.29 is 15.1 Å². The molecule has 2 N–H and O–H groups in total. The summed E-state index contributed by atoms with van der Waals surface area (Å²) in [6.45, 7) is 0. The molecule has 0 radical (unpaired) electrons. The van der Waals surface area contributed by atoms with Crippen LogP contribution in [0.1, 0.15) is 41.7 Å². The summed E-state index contributed by atoms with van der Waals surface area (Å²) in [6.07, 6.45) is 5.02. The topological polar surface area (TPSA) is 69.9 Å². The molecule has 0 spiro atoms. The van der Waals surface area contributed by atoms with Gasteiger partial charge in [-0.15, -0.1) is 11.3 Å². The minimum atomic E-state index is -0.885. The molecule has 2 aromatic rings. The fourth-order valence-corrected chi connectivity index (χ4v) is 4.26. The van der Waals surface area contributed by atoms with Gasteiger partial charge in [0.2, 0.25) is 0 Å². The highest BCUT2D eigenvalue weighted by Gasteiger charge is 2.17. The quantitative estimate of drug-likeness (QED) is 0.512. The van der Waals surface area contributed by atoms with E-state index in [2.05, 4.69) is 11.2 Å². The van der Waals surface area contributed by atoms with E-state index in [4.69, 9.17) is 10.3 Å². The number of nitrogens with zero attached hydrogens (tertiary/aromatic N) is 1. The monoisotopic (exact) mass is 303 g/mol. The standard InChI is InChI=1S/C16H17NO3S/c18-16(19)8-7-13(17-20)10-5-6-12-11-3-1-2-4-14(11)21-15(12)9-10/h5-6,9,20H,1-4,7-8H2,(H,18,19). The largest absolute Gasteiger partial charge is 0.481 e. The first-order chi connectivity index (χ1) is 10.2. The molecule has 0 saturated heterocycles. The smallest absolute Gasteiger partial charge is 0.303 e. The minimum absolute atomic E-state index is 0.0294. The summed E-state index contributed by atoms with van der Waals surface area (Å²) in [7, 11) is 0. The van der Waals surface area contributed by atoms with Gasteiger partial charge in [0, 0.05) is 21.6 Å². The second kappa shape index (κ2) is 5.85. The van der Waals surface area contributed by atoms with Gasteiger partial charge in [-0.1, -0.05) is 17.3 Å². The number of oxime groups is 1. The van der Waals surface area contributed by atoms with E-state index in [1.165, 1.54) is 33.4 Å². The molecule has 0 bridgehead atoms. The summed E-state index contributed by atoms with van der Waals surface area (Å²) >= 11 is 1.81. The van der Waals surface area contributed by atoms with Crippen molar-refractivity contribution in [1.82, 2.24) is 0 Å². The van der Waals surface area contributed by atoms with E-state index >= 15 is 0 Å². The molecule has 0 aliphatic heterocycles. The van der Waals surface area contributed by atoms with Crippen LogP contribution in [0.2, 0.25) is 0 Å². The van der Waals surface area contributed by atoms with E-state index in [-0.39, 0.29) is 12.8 Å². The maximum Gasteiger partial charge on any atom is 0.303 e. The average Bonchev–Trinajstić information content (AvgIpc) is 2.85. The molecule has 1 aliphatic carbocycles. The summed E-state index contributed by atoms with van der Waals surface area (Å²) in [5.41, 5.74) is 2.72. The highest BCUT2D eigenvalue weighted by Crippen LogP contribution is 2.36. The average molecular weight is 303 g/mol. The molecule has 4 nitrogen and oxygen atoms in total. The van der Waals surface area contributed by atoms with E-state index in [0.717, 1.165) is 18.4 Å². The van der Waals surface area contributed by atoms with Crippen molar-refractivity contribution in [3.8, 4) is 0 Å². The van der Waals surface area contributed by atoms with Gasteiger partial charge in [-0.25, -0.2) is 0 Å². The Balaban J connectivity index is 1.95. The molecule has 0 atom stereocenters. The van der Waals surface area contributed by atoms with Crippen LogP contribution in [0.15, 0.2) is 23.4 Å². The fraction of sp³-hybridized carbons (Fsp3) is 0.375. The van der Waals surface area contributed by atoms with Gasteiger partial charge in [-0.05, 0) is 42.7 Å². The Morgan fingerprint density at radius 3 is 2.81 bits per heavy atom. The lowest BCUT2D eigenvalue weighted by Crippen LogP contribution is -2.05. The first-order valence-corrected chi connectivity index (χ1v) is 7.98. The van der Waals surface area contributed by atoms with Crippen molar-refractivity contribution in [2.24, 2.45) is 5.16 Å². The van der Waals surface area contributed by atoms with E-state index in [9.17, 15) is 4.79 Å². The van der Waals surface area contributed by atoms with Crippen molar-refractivity contribution in [3.63, 3.8) is 0 Å². The third-order valence-electron chi connectivity index (χ3n) is 3.99. The van der Waals surface area contributed by atoms with Crippen LogP contribution in [0, 0.1) is 0 Å². The van der Waals surface area contributed by atoms with Crippen molar-refractivity contribution in [1.29, 1.82) is 0 Å². The number of carboxylic acids is 1. The first kappa shape index (κ1) is 14.1. The van der Waals surface area contributed by atoms with Crippen LogP contribution in [-0.4, -0.2) is 22.0 Å². The van der Waals surface area contributed by atoms with E-state index < -0.39 is 5.97 Å². The number of carbonyl (C=O) groups is 1. The first-order valence-electron chi connectivity index (χ1n) is 7.16. The summed E-state index contributed by atoms with van der Waals surface area (Å²) in [6, 6.07) is 6.04. The Labute approximate surface area is 126 Å². The van der Waals surface area contributed by atoms with Crippen LogP contribution in [0.25, 0.3) is 10.1 Å². The Morgan fingerprint density at radius 2 is 2.05 bits per heavy atom. The number of aryl methyl sites for hydroxylation is 2. The van der Waals surface area contributed by atoms with Crippen molar-refractivity contribution in [3.05, 3.63) is 34.2 Å². The van der Waals surface area contributed by atoms with Gasteiger partial charge in [-0.2, -0.15) is 0 Å². The highest BCUT2D eigenvalue weighted by molar-refractivity contribution is 7.19. The predicted octanol–water partition coefficient (Wildman–Crippen LogP) is 3.82. The van der Waals surface area contributed by atoms with Crippen molar-refractivity contribution >= 4 is 33.1 Å². The van der Waals surface area contributed by atoms with Crippen molar-refractivity contribution in [2.45, 2.75) is 38.5 Å². The van der Waals surface area contributed by atoms with Gasteiger partial charge in [0.15, 0.2) is 0 Å². The number of rotatable bonds is 4. The maximum atomic E-state index is 10.7. The maximum absolute atomic E-state index is 10.7. The lowest BCUT2D eigenvalue weighted by molar-refractivity contribution is -0.136. The summed E-state index contributed by atoms with van der Waals surface area (Å²) < 4.78 is 1.20. The molecular weight excluding hydrogens is 286 g/mol. The molecular formula is C16H17NO3S. The van der Waals surface area contributed by atoms with Gasteiger partial charge in [0.1, 0.15) is 0 Å². The van der Waals surface area contributed by atoms with Crippen LogP contribution < -0.4 is 0 Å². The third kappa shape index (κ3) is 2.78. The summed E-state index contributed by atoms with van der Waals surface area (Å²) in [5, 5.41) is 22.5. The Bertz CT molecular complexity index is 718. The molecule has 0 unspecified atom stereocenters. The molecule has 3 rings (SSSR count). The zero-order chi connectivity index (χ0) is 14.8. The Hall–Kier alpha value is -1.88. The van der Waals surface area contributed by atoms with Gasteiger partial charge < -0.3 is 10.3 Å². The second-order valence-corrected chi connectivity index (χ2v) is 6.50. The number of hydrogen-bond donors (Lipinski definition) is 2. The van der Waals surface area contributed by atoms with Crippen LogP contribution in [0.4, 0.5) is 0 Å². The van der Waals surface area contributed by atoms with Crippen LogP contribution in [0.5, 0.6) is 0 Å². The number of fused-ring (bicyclic) bond motifs is 3. The van der Waals surface area contributed by atoms with E-state index in [1.54, 1.807) is 0 Å². The number of carboxylic acid groups (broad SMARTS) is 1. The molecule has 0 saturated carbocycles. The Kier molecular flexibility index (Phi) is 3.92. The zero-order valence-electron chi connectivity index (χ0n) is 11.6. The molecule has 1 aromatic carbocycles. The van der Waals surface area contributed by atoms with Gasteiger partial charge in [0.25, 0.3) is 0 Å². The van der Waals surface area contributed by atoms with E-state index in [0.29, 0.717) is 5.71 Å². The van der Waals surface area contributed by atoms with Crippen LogP contribution >= 0.6 is 11.3 Å². The molecule has 21 heavy (non-hydrogen) atoms. The molecule has 1 aromatic heterocycles. The summed E-state index contributed by atoms with van der Waals surface area (Å²) in [5.74, 6) is -0.885. The highest BCUT2D eigenvalue weighted by atomic mass is 32.1. The van der Waals surface area contributed by atoms with Gasteiger partial charge in [-0.3, -0.25) is 4.79 Å². The van der Waals surface area contributed by atoms with Crippen molar-refractivity contribution in [2.75, 3.05) is 0 Å². The van der Waals surface area contributed by atoms with Crippen LogP contribution in [-0.2, 0) is 17.6 Å². The number of benzene rings is 1.